The molecule has 1 aromatic heterocycles. The van der Waals surface area contributed by atoms with Crippen LogP contribution in [0.15, 0.2) is 11.5 Å². The molecule has 0 saturated heterocycles. The van der Waals surface area contributed by atoms with Gasteiger partial charge >= 0.3 is 0 Å². The third-order valence-corrected chi connectivity index (χ3v) is 3.40. The van der Waals surface area contributed by atoms with E-state index in [2.05, 4.69) is 22.3 Å². The molecule has 4 nitrogen and oxygen atoms in total. The van der Waals surface area contributed by atoms with Crippen molar-refractivity contribution in [3.05, 3.63) is 6.33 Å². The fraction of sp³-hybridized carbons (Fsp3) is 0.778. The minimum Gasteiger partial charge on any atom is -0.313 e. The molecule has 1 aliphatic rings. The average Bonchev–Trinajstić information content (AvgIpc) is 2.90. The molecule has 0 radical (unpaired) electrons. The maximum atomic E-state index is 4.19. The summed E-state index contributed by atoms with van der Waals surface area (Å²) in [5.41, 5.74) is 0. The zero-order valence-corrected chi connectivity index (χ0v) is 9.42. The summed E-state index contributed by atoms with van der Waals surface area (Å²) in [5.74, 6) is 0. The highest BCUT2D eigenvalue weighted by Crippen LogP contribution is 2.22. The van der Waals surface area contributed by atoms with Crippen molar-refractivity contribution in [3.63, 3.8) is 0 Å². The Labute approximate surface area is 88.5 Å². The van der Waals surface area contributed by atoms with Crippen LogP contribution in [-0.4, -0.2) is 32.6 Å². The first-order chi connectivity index (χ1) is 6.75. The molecule has 2 rings (SSSR count). The van der Waals surface area contributed by atoms with Gasteiger partial charge in [-0.15, -0.1) is 0 Å². The highest BCUT2D eigenvalue weighted by atomic mass is 32.2. The summed E-state index contributed by atoms with van der Waals surface area (Å²) in [4.78, 5) is 4.19. The molecule has 14 heavy (non-hydrogen) atoms. The van der Waals surface area contributed by atoms with Crippen molar-refractivity contribution in [1.29, 1.82) is 0 Å². The van der Waals surface area contributed by atoms with Crippen LogP contribution in [-0.2, 0) is 7.05 Å². The van der Waals surface area contributed by atoms with Crippen LogP contribution in [0.1, 0.15) is 19.8 Å². The number of nitrogens with zero attached hydrogens (tertiary/aromatic N) is 3. The van der Waals surface area contributed by atoms with Crippen LogP contribution in [0.2, 0.25) is 0 Å². The van der Waals surface area contributed by atoms with Crippen molar-refractivity contribution >= 4 is 11.8 Å². The molecule has 1 heterocycles. The molecule has 0 aromatic carbocycles. The Kier molecular flexibility index (Phi) is 3.08. The number of hydrogen-bond acceptors (Lipinski definition) is 4. The second-order valence-corrected chi connectivity index (χ2v) is 5.18. The average molecular weight is 212 g/mol. The summed E-state index contributed by atoms with van der Waals surface area (Å²) >= 11 is 1.77. The van der Waals surface area contributed by atoms with Crippen molar-refractivity contribution in [2.45, 2.75) is 36.2 Å². The Morgan fingerprint density at radius 3 is 3.07 bits per heavy atom. The summed E-state index contributed by atoms with van der Waals surface area (Å²) in [6, 6.07) is 0.789. The molecule has 1 saturated carbocycles. The van der Waals surface area contributed by atoms with E-state index in [1.807, 2.05) is 11.7 Å². The molecule has 1 unspecified atom stereocenters. The van der Waals surface area contributed by atoms with E-state index in [1.165, 1.54) is 12.8 Å². The topological polar surface area (TPSA) is 42.7 Å². The predicted octanol–water partition coefficient (Wildman–Crippen LogP) is 1.05. The number of aryl methyl sites for hydroxylation is 1. The van der Waals surface area contributed by atoms with Gasteiger partial charge in [0.1, 0.15) is 6.33 Å². The van der Waals surface area contributed by atoms with Crippen molar-refractivity contribution in [2.24, 2.45) is 7.05 Å². The molecule has 1 aliphatic carbocycles. The molecule has 1 fully saturated rings. The van der Waals surface area contributed by atoms with Crippen LogP contribution in [0.3, 0.4) is 0 Å². The number of hydrogen-bond donors (Lipinski definition) is 1. The van der Waals surface area contributed by atoms with Crippen LogP contribution < -0.4 is 5.32 Å². The molecule has 0 amide bonds. The van der Waals surface area contributed by atoms with Gasteiger partial charge in [0.05, 0.1) is 0 Å². The summed E-state index contributed by atoms with van der Waals surface area (Å²) in [7, 11) is 1.93. The molecule has 0 bridgehead atoms. The van der Waals surface area contributed by atoms with Crippen molar-refractivity contribution in [1.82, 2.24) is 20.1 Å². The fourth-order valence-electron chi connectivity index (χ4n) is 1.23. The Morgan fingerprint density at radius 2 is 2.50 bits per heavy atom. The molecule has 0 aliphatic heterocycles. The van der Waals surface area contributed by atoms with E-state index >= 15 is 0 Å². The summed E-state index contributed by atoms with van der Waals surface area (Å²) in [6.45, 7) is 3.27. The minimum atomic E-state index is 0.554. The zero-order chi connectivity index (χ0) is 9.97. The standard InChI is InChI=1S/C9H16N4S/c1-7(5-10-8-3-4-8)14-9-11-6-12-13(9)2/h6-8,10H,3-5H2,1-2H3. The minimum absolute atomic E-state index is 0.554. The Balaban J connectivity index is 1.75. The van der Waals surface area contributed by atoms with Gasteiger partial charge in [-0.3, -0.25) is 0 Å². The SMILES string of the molecule is CC(CNC1CC1)Sc1ncnn1C. The molecule has 5 heteroatoms. The van der Waals surface area contributed by atoms with E-state index < -0.39 is 0 Å². The van der Waals surface area contributed by atoms with Gasteiger partial charge in [0.2, 0.25) is 0 Å². The van der Waals surface area contributed by atoms with Crippen LogP contribution in [0.5, 0.6) is 0 Å². The summed E-state index contributed by atoms with van der Waals surface area (Å²) in [6.07, 6.45) is 4.30. The molecule has 0 spiro atoms. The van der Waals surface area contributed by atoms with E-state index in [1.54, 1.807) is 18.1 Å². The van der Waals surface area contributed by atoms with Crippen molar-refractivity contribution in [2.75, 3.05) is 6.54 Å². The van der Waals surface area contributed by atoms with Crippen molar-refractivity contribution < 1.29 is 0 Å². The molecule has 78 valence electrons. The quantitative estimate of drug-likeness (QED) is 0.741. The van der Waals surface area contributed by atoms with E-state index in [0.717, 1.165) is 17.7 Å². The summed E-state index contributed by atoms with van der Waals surface area (Å²) in [5, 5.41) is 9.10. The van der Waals surface area contributed by atoms with E-state index in [4.69, 9.17) is 0 Å². The van der Waals surface area contributed by atoms with Gasteiger partial charge in [-0.25, -0.2) is 9.67 Å². The zero-order valence-electron chi connectivity index (χ0n) is 8.60. The second kappa shape index (κ2) is 4.31. The fourth-order valence-corrected chi connectivity index (χ4v) is 2.08. The van der Waals surface area contributed by atoms with Gasteiger partial charge in [-0.2, -0.15) is 5.10 Å². The Hall–Kier alpha value is -0.550. The number of rotatable bonds is 5. The van der Waals surface area contributed by atoms with E-state index in [0.29, 0.717) is 5.25 Å². The van der Waals surface area contributed by atoms with Gasteiger partial charge in [0.25, 0.3) is 0 Å². The monoisotopic (exact) mass is 212 g/mol. The van der Waals surface area contributed by atoms with Crippen LogP contribution in [0.25, 0.3) is 0 Å². The molecule has 1 N–H and O–H groups in total. The van der Waals surface area contributed by atoms with Gasteiger partial charge in [-0.1, -0.05) is 18.7 Å². The lowest BCUT2D eigenvalue weighted by Crippen LogP contribution is -2.24. The number of nitrogens with one attached hydrogen (secondary N) is 1. The maximum absolute atomic E-state index is 4.19. The van der Waals surface area contributed by atoms with Crippen LogP contribution in [0.4, 0.5) is 0 Å². The Morgan fingerprint density at radius 1 is 1.71 bits per heavy atom. The number of thioether (sulfide) groups is 1. The lowest BCUT2D eigenvalue weighted by Gasteiger charge is -2.10. The smallest absolute Gasteiger partial charge is 0.186 e. The third kappa shape index (κ3) is 2.72. The van der Waals surface area contributed by atoms with E-state index in [-0.39, 0.29) is 0 Å². The highest BCUT2D eigenvalue weighted by Gasteiger charge is 2.21. The second-order valence-electron chi connectivity index (χ2n) is 3.78. The predicted molar refractivity (Wildman–Crippen MR) is 57.3 cm³/mol. The third-order valence-electron chi connectivity index (χ3n) is 2.25. The van der Waals surface area contributed by atoms with Crippen LogP contribution >= 0.6 is 11.8 Å². The maximum Gasteiger partial charge on any atom is 0.186 e. The van der Waals surface area contributed by atoms with Gasteiger partial charge < -0.3 is 5.32 Å². The number of aromatic nitrogens is 3. The van der Waals surface area contributed by atoms with Gasteiger partial charge in [0.15, 0.2) is 5.16 Å². The Bertz CT molecular complexity index is 295. The summed E-state index contributed by atoms with van der Waals surface area (Å²) < 4.78 is 1.82. The first-order valence-corrected chi connectivity index (χ1v) is 5.87. The largest absolute Gasteiger partial charge is 0.313 e. The van der Waals surface area contributed by atoms with Crippen LogP contribution in [0, 0.1) is 0 Å². The highest BCUT2D eigenvalue weighted by molar-refractivity contribution is 7.99. The van der Waals surface area contributed by atoms with Gasteiger partial charge in [0, 0.05) is 24.9 Å². The van der Waals surface area contributed by atoms with E-state index in [9.17, 15) is 0 Å². The normalized spacial score (nSPS) is 18.4. The molecule has 1 atom stereocenters. The lowest BCUT2D eigenvalue weighted by molar-refractivity contribution is 0.663. The first kappa shape index (κ1) is 9.98. The molecular formula is C9H16N4S. The first-order valence-electron chi connectivity index (χ1n) is 4.99. The molecular weight excluding hydrogens is 196 g/mol. The van der Waals surface area contributed by atoms with Crippen molar-refractivity contribution in [3.8, 4) is 0 Å². The lowest BCUT2D eigenvalue weighted by atomic mass is 10.4. The van der Waals surface area contributed by atoms with Gasteiger partial charge in [-0.05, 0) is 12.8 Å². The molecule has 1 aromatic rings.